The first-order chi connectivity index (χ1) is 15.7. The summed E-state index contributed by atoms with van der Waals surface area (Å²) < 4.78 is 42.7. The van der Waals surface area contributed by atoms with Crippen molar-refractivity contribution in [1.29, 1.82) is 0 Å². The molecule has 0 radical (unpaired) electrons. The van der Waals surface area contributed by atoms with Gasteiger partial charge >= 0.3 is 5.97 Å². The zero-order valence-corrected chi connectivity index (χ0v) is 19.1. The maximum Gasteiger partial charge on any atom is 0.324 e. The minimum atomic E-state index is -3.91. The van der Waals surface area contributed by atoms with Crippen molar-refractivity contribution in [2.24, 2.45) is 5.92 Å². The Hall–Kier alpha value is -3.37. The van der Waals surface area contributed by atoms with E-state index in [4.69, 9.17) is 14.2 Å². The normalized spacial score (nSPS) is 13.8. The Bertz CT molecular complexity index is 1110. The lowest BCUT2D eigenvalue weighted by Crippen LogP contribution is -2.45. The molecule has 1 aliphatic rings. The molecule has 2 aromatic rings. The standard InChI is InChI=1S/C23H26N2O7S/c1-16(2)22(25-33(28,29)11-10-17-6-4-3-5-7-17)23(27)30-14-21(26)24-13-18-8-9-19-20(12-18)32-15-31-19/h3-12,16,22,25H,13-15H2,1-2H3,(H,24,26). The lowest BCUT2D eigenvalue weighted by atomic mass is 10.1. The van der Waals surface area contributed by atoms with E-state index in [-0.39, 0.29) is 13.3 Å². The van der Waals surface area contributed by atoms with Crippen LogP contribution in [0.25, 0.3) is 6.08 Å². The van der Waals surface area contributed by atoms with Gasteiger partial charge < -0.3 is 19.5 Å². The van der Waals surface area contributed by atoms with Crippen LogP contribution in [0, 0.1) is 5.92 Å². The van der Waals surface area contributed by atoms with Gasteiger partial charge in [-0.25, -0.2) is 8.42 Å². The molecule has 3 rings (SSSR count). The minimum absolute atomic E-state index is 0.157. The SMILES string of the molecule is CC(C)C(NS(=O)(=O)C=Cc1ccccc1)C(=O)OCC(=O)NCc1ccc2c(c1)OCO2. The van der Waals surface area contributed by atoms with Gasteiger partial charge in [-0.1, -0.05) is 50.2 Å². The van der Waals surface area contributed by atoms with Crippen molar-refractivity contribution in [3.8, 4) is 11.5 Å². The quantitative estimate of drug-likeness (QED) is 0.507. The number of amides is 1. The second-order valence-corrected chi connectivity index (χ2v) is 9.27. The molecular formula is C23H26N2O7S. The van der Waals surface area contributed by atoms with Gasteiger partial charge in [0.1, 0.15) is 6.04 Å². The topological polar surface area (TPSA) is 120 Å². The lowest BCUT2D eigenvalue weighted by Gasteiger charge is -2.19. The van der Waals surface area contributed by atoms with Crippen LogP contribution in [0.15, 0.2) is 53.9 Å². The van der Waals surface area contributed by atoms with Crippen LogP contribution in [0.5, 0.6) is 11.5 Å². The van der Waals surface area contributed by atoms with Gasteiger partial charge in [0.05, 0.1) is 0 Å². The Kier molecular flexibility index (Phi) is 8.07. The van der Waals surface area contributed by atoms with Crippen molar-refractivity contribution in [2.75, 3.05) is 13.4 Å². The van der Waals surface area contributed by atoms with Crippen LogP contribution >= 0.6 is 0 Å². The summed E-state index contributed by atoms with van der Waals surface area (Å²) >= 11 is 0. The average molecular weight is 475 g/mol. The number of carbonyl (C=O) groups excluding carboxylic acids is 2. The van der Waals surface area contributed by atoms with Crippen molar-refractivity contribution in [1.82, 2.24) is 10.0 Å². The molecule has 1 amide bonds. The predicted octanol–water partition coefficient (Wildman–Crippen LogP) is 2.19. The molecule has 0 fully saturated rings. The van der Waals surface area contributed by atoms with E-state index in [1.54, 1.807) is 56.3 Å². The molecule has 10 heteroatoms. The number of carbonyl (C=O) groups is 2. The van der Waals surface area contributed by atoms with Crippen LogP contribution in [0.4, 0.5) is 0 Å². The Morgan fingerprint density at radius 2 is 1.82 bits per heavy atom. The molecule has 33 heavy (non-hydrogen) atoms. The maximum atomic E-state index is 12.5. The van der Waals surface area contributed by atoms with Crippen molar-refractivity contribution >= 4 is 28.0 Å². The zero-order valence-electron chi connectivity index (χ0n) is 18.3. The second-order valence-electron chi connectivity index (χ2n) is 7.67. The van der Waals surface area contributed by atoms with Crippen molar-refractivity contribution < 1.29 is 32.2 Å². The summed E-state index contributed by atoms with van der Waals surface area (Å²) in [6.07, 6.45) is 1.43. The highest BCUT2D eigenvalue weighted by Crippen LogP contribution is 2.32. The van der Waals surface area contributed by atoms with E-state index >= 15 is 0 Å². The number of esters is 1. The largest absolute Gasteiger partial charge is 0.454 e. The predicted molar refractivity (Wildman–Crippen MR) is 122 cm³/mol. The van der Waals surface area contributed by atoms with E-state index in [2.05, 4.69) is 10.0 Å². The summed E-state index contributed by atoms with van der Waals surface area (Å²) in [5, 5.41) is 3.63. The molecule has 2 aromatic carbocycles. The van der Waals surface area contributed by atoms with Crippen LogP contribution in [0.1, 0.15) is 25.0 Å². The first-order valence-electron chi connectivity index (χ1n) is 10.3. The molecule has 1 unspecified atom stereocenters. The van der Waals surface area contributed by atoms with E-state index in [9.17, 15) is 18.0 Å². The third kappa shape index (κ3) is 7.33. The fourth-order valence-corrected chi connectivity index (χ4v) is 4.07. The summed E-state index contributed by atoms with van der Waals surface area (Å²) in [7, 11) is -3.91. The van der Waals surface area contributed by atoms with E-state index in [0.29, 0.717) is 17.1 Å². The van der Waals surface area contributed by atoms with Gasteiger partial charge in [-0.2, -0.15) is 4.72 Å². The summed E-state index contributed by atoms with van der Waals surface area (Å²) in [6.45, 7) is 3.18. The Balaban J connectivity index is 1.50. The van der Waals surface area contributed by atoms with Crippen molar-refractivity contribution in [3.63, 3.8) is 0 Å². The summed E-state index contributed by atoms with van der Waals surface area (Å²) in [4.78, 5) is 24.6. The number of ether oxygens (including phenoxy) is 3. The third-order valence-electron chi connectivity index (χ3n) is 4.72. The van der Waals surface area contributed by atoms with Gasteiger partial charge in [0.15, 0.2) is 18.1 Å². The van der Waals surface area contributed by atoms with Gasteiger partial charge in [0.2, 0.25) is 16.8 Å². The molecule has 0 aromatic heterocycles. The molecular weight excluding hydrogens is 448 g/mol. The molecule has 1 heterocycles. The smallest absolute Gasteiger partial charge is 0.324 e. The van der Waals surface area contributed by atoms with Crippen LogP contribution in [0.2, 0.25) is 0 Å². The van der Waals surface area contributed by atoms with Crippen LogP contribution in [-0.4, -0.2) is 39.7 Å². The summed E-state index contributed by atoms with van der Waals surface area (Å²) in [5.74, 6) is -0.509. The average Bonchev–Trinajstić information content (AvgIpc) is 3.27. The van der Waals surface area contributed by atoms with Crippen molar-refractivity contribution in [2.45, 2.75) is 26.4 Å². The number of fused-ring (bicyclic) bond motifs is 1. The number of rotatable bonds is 10. The third-order valence-corrected chi connectivity index (χ3v) is 5.80. The van der Waals surface area contributed by atoms with Gasteiger partial charge in [0, 0.05) is 12.0 Å². The zero-order chi connectivity index (χ0) is 23.8. The summed E-state index contributed by atoms with van der Waals surface area (Å²) in [5.41, 5.74) is 1.49. The first kappa shape index (κ1) is 24.3. The van der Waals surface area contributed by atoms with Gasteiger partial charge in [-0.3, -0.25) is 9.59 Å². The fourth-order valence-electron chi connectivity index (χ4n) is 2.93. The fraction of sp³-hybridized carbons (Fsp3) is 0.304. The Labute approximate surface area is 192 Å². The molecule has 0 saturated carbocycles. The maximum absolute atomic E-state index is 12.5. The molecule has 1 aliphatic heterocycles. The Morgan fingerprint density at radius 1 is 1.09 bits per heavy atom. The highest BCUT2D eigenvalue weighted by molar-refractivity contribution is 7.92. The van der Waals surface area contributed by atoms with Crippen LogP contribution in [-0.2, 0) is 30.9 Å². The molecule has 0 saturated heterocycles. The first-order valence-corrected chi connectivity index (χ1v) is 11.9. The van der Waals surface area contributed by atoms with Crippen molar-refractivity contribution in [3.05, 3.63) is 65.1 Å². The van der Waals surface area contributed by atoms with Crippen LogP contribution in [0.3, 0.4) is 0 Å². The van der Waals surface area contributed by atoms with E-state index in [1.807, 2.05) is 6.07 Å². The van der Waals surface area contributed by atoms with Gasteiger partial charge in [0.25, 0.3) is 5.91 Å². The Morgan fingerprint density at radius 3 is 2.55 bits per heavy atom. The molecule has 9 nitrogen and oxygen atoms in total. The molecule has 0 bridgehead atoms. The van der Waals surface area contributed by atoms with E-state index < -0.39 is 40.5 Å². The number of hydrogen-bond acceptors (Lipinski definition) is 7. The minimum Gasteiger partial charge on any atom is -0.454 e. The summed E-state index contributed by atoms with van der Waals surface area (Å²) in [6, 6.07) is 13.0. The van der Waals surface area contributed by atoms with E-state index in [1.165, 1.54) is 6.08 Å². The monoisotopic (exact) mass is 474 g/mol. The molecule has 1 atom stereocenters. The highest BCUT2D eigenvalue weighted by Gasteiger charge is 2.28. The van der Waals surface area contributed by atoms with Crippen LogP contribution < -0.4 is 19.5 Å². The number of nitrogens with one attached hydrogen (secondary N) is 2. The van der Waals surface area contributed by atoms with Gasteiger partial charge in [-0.15, -0.1) is 0 Å². The second kappa shape index (κ2) is 11.0. The lowest BCUT2D eigenvalue weighted by molar-refractivity contribution is -0.151. The molecule has 0 aliphatic carbocycles. The number of benzene rings is 2. The highest BCUT2D eigenvalue weighted by atomic mass is 32.2. The van der Waals surface area contributed by atoms with Gasteiger partial charge in [-0.05, 0) is 35.3 Å². The number of sulfonamides is 1. The molecule has 2 N–H and O–H groups in total. The number of hydrogen-bond donors (Lipinski definition) is 2. The molecule has 176 valence electrons. The van der Waals surface area contributed by atoms with E-state index in [0.717, 1.165) is 11.0 Å². The molecule has 0 spiro atoms.